The number of benzene rings is 1. The van der Waals surface area contributed by atoms with E-state index in [2.05, 4.69) is 10.2 Å². The fraction of sp³-hybridized carbons (Fsp3) is 0.455. The number of nitrogens with zero attached hydrogens (tertiary/aromatic N) is 1. The van der Waals surface area contributed by atoms with Gasteiger partial charge in [-0.25, -0.2) is 4.39 Å². The van der Waals surface area contributed by atoms with Crippen molar-refractivity contribution < 1.29 is 4.39 Å². The highest BCUT2D eigenvalue weighted by molar-refractivity contribution is 5.66. The van der Waals surface area contributed by atoms with Crippen molar-refractivity contribution in [1.29, 1.82) is 0 Å². The van der Waals surface area contributed by atoms with Crippen molar-refractivity contribution >= 4 is 11.4 Å². The minimum Gasteiger partial charge on any atom is -0.397 e. The lowest BCUT2D eigenvalue weighted by Gasteiger charge is -2.20. The van der Waals surface area contributed by atoms with Gasteiger partial charge in [0.2, 0.25) is 0 Å². The lowest BCUT2D eigenvalue weighted by molar-refractivity contribution is 0.392. The lowest BCUT2D eigenvalue weighted by atomic mass is 10.2. The first kappa shape index (κ1) is 11.8. The van der Waals surface area contributed by atoms with Gasteiger partial charge < -0.3 is 16.0 Å². The first-order chi connectivity index (χ1) is 6.99. The van der Waals surface area contributed by atoms with E-state index in [1.807, 2.05) is 21.0 Å². The Bertz CT molecular complexity index is 326. The molecule has 0 aliphatic carbocycles. The summed E-state index contributed by atoms with van der Waals surface area (Å²) in [5.74, 6) is -0.274. The second-order valence-electron chi connectivity index (χ2n) is 4.04. The zero-order chi connectivity index (χ0) is 11.4. The van der Waals surface area contributed by atoms with Gasteiger partial charge in [-0.1, -0.05) is 0 Å². The van der Waals surface area contributed by atoms with Crippen molar-refractivity contribution in [3.05, 3.63) is 24.0 Å². The molecule has 0 aliphatic heterocycles. The van der Waals surface area contributed by atoms with Gasteiger partial charge in [-0.3, -0.25) is 0 Å². The normalized spacial score (nSPS) is 12.9. The second-order valence-corrected chi connectivity index (χ2v) is 4.04. The van der Waals surface area contributed by atoms with Crippen LogP contribution in [0, 0.1) is 5.82 Å². The van der Waals surface area contributed by atoms with Crippen LogP contribution < -0.4 is 11.1 Å². The molecule has 0 amide bonds. The molecular formula is C11H18FN3. The summed E-state index contributed by atoms with van der Waals surface area (Å²) < 4.78 is 13.0. The Labute approximate surface area is 90.1 Å². The SMILES string of the molecule is CC(CN(C)C)Nc1cc(F)ccc1N. The van der Waals surface area contributed by atoms with E-state index in [0.29, 0.717) is 11.4 Å². The third kappa shape index (κ3) is 3.75. The maximum absolute atomic E-state index is 13.0. The summed E-state index contributed by atoms with van der Waals surface area (Å²) in [4.78, 5) is 2.06. The molecule has 0 heterocycles. The Hall–Kier alpha value is -1.29. The van der Waals surface area contributed by atoms with E-state index in [1.165, 1.54) is 12.1 Å². The molecule has 0 fully saturated rings. The zero-order valence-electron chi connectivity index (χ0n) is 9.42. The number of nitrogen functional groups attached to an aromatic ring is 1. The Balaban J connectivity index is 2.67. The van der Waals surface area contributed by atoms with Gasteiger partial charge >= 0.3 is 0 Å². The first-order valence-electron chi connectivity index (χ1n) is 4.95. The van der Waals surface area contributed by atoms with Gasteiger partial charge in [0, 0.05) is 12.6 Å². The van der Waals surface area contributed by atoms with Crippen LogP contribution >= 0.6 is 0 Å². The van der Waals surface area contributed by atoms with E-state index in [0.717, 1.165) is 6.54 Å². The average molecular weight is 211 g/mol. The van der Waals surface area contributed by atoms with Crippen molar-refractivity contribution in [3.8, 4) is 0 Å². The summed E-state index contributed by atoms with van der Waals surface area (Å²) >= 11 is 0. The van der Waals surface area contributed by atoms with Crippen LogP contribution in [0.3, 0.4) is 0 Å². The van der Waals surface area contributed by atoms with Gasteiger partial charge in [0.25, 0.3) is 0 Å². The molecule has 1 rings (SSSR count). The van der Waals surface area contributed by atoms with Gasteiger partial charge in [-0.15, -0.1) is 0 Å². The molecule has 1 unspecified atom stereocenters. The summed E-state index contributed by atoms with van der Waals surface area (Å²) in [6.45, 7) is 2.90. The van der Waals surface area contributed by atoms with Crippen molar-refractivity contribution in [2.24, 2.45) is 0 Å². The molecule has 0 bridgehead atoms. The van der Waals surface area contributed by atoms with Gasteiger partial charge in [0.05, 0.1) is 11.4 Å². The predicted molar refractivity (Wildman–Crippen MR) is 62.5 cm³/mol. The summed E-state index contributed by atoms with van der Waals surface area (Å²) in [6.07, 6.45) is 0. The van der Waals surface area contributed by atoms with Gasteiger partial charge in [0.1, 0.15) is 5.82 Å². The first-order valence-corrected chi connectivity index (χ1v) is 4.95. The molecule has 4 heteroatoms. The largest absolute Gasteiger partial charge is 0.397 e. The van der Waals surface area contributed by atoms with Crippen LogP contribution in [0.25, 0.3) is 0 Å². The Morgan fingerprint density at radius 2 is 2.13 bits per heavy atom. The van der Waals surface area contributed by atoms with Gasteiger partial charge in [0.15, 0.2) is 0 Å². The highest BCUT2D eigenvalue weighted by Gasteiger charge is 2.06. The third-order valence-electron chi connectivity index (χ3n) is 2.06. The lowest BCUT2D eigenvalue weighted by Crippen LogP contribution is -2.29. The standard InChI is InChI=1S/C11H18FN3/c1-8(7-15(2)3)14-11-6-9(12)4-5-10(11)13/h4-6,8,14H,7,13H2,1-3H3. The van der Waals surface area contributed by atoms with Crippen LogP contribution in [0.2, 0.25) is 0 Å². The van der Waals surface area contributed by atoms with Crippen molar-refractivity contribution in [1.82, 2.24) is 4.90 Å². The number of rotatable bonds is 4. The fourth-order valence-electron chi connectivity index (χ4n) is 1.51. The van der Waals surface area contributed by atoms with E-state index in [-0.39, 0.29) is 11.9 Å². The minimum absolute atomic E-state index is 0.226. The predicted octanol–water partition coefficient (Wildman–Crippen LogP) is 1.77. The molecule has 15 heavy (non-hydrogen) atoms. The molecule has 3 nitrogen and oxygen atoms in total. The summed E-state index contributed by atoms with van der Waals surface area (Å²) in [5, 5.41) is 3.18. The van der Waals surface area contributed by atoms with Crippen LogP contribution in [0.1, 0.15) is 6.92 Å². The number of anilines is 2. The summed E-state index contributed by atoms with van der Waals surface area (Å²) in [7, 11) is 3.99. The molecular weight excluding hydrogens is 193 g/mol. The quantitative estimate of drug-likeness (QED) is 0.746. The van der Waals surface area contributed by atoms with E-state index < -0.39 is 0 Å². The molecule has 3 N–H and O–H groups in total. The van der Waals surface area contributed by atoms with Crippen molar-refractivity contribution in [3.63, 3.8) is 0 Å². The highest BCUT2D eigenvalue weighted by Crippen LogP contribution is 2.19. The van der Waals surface area contributed by atoms with Gasteiger partial charge in [-0.05, 0) is 39.2 Å². The monoisotopic (exact) mass is 211 g/mol. The number of halogens is 1. The third-order valence-corrected chi connectivity index (χ3v) is 2.06. The molecule has 1 aromatic rings. The topological polar surface area (TPSA) is 41.3 Å². The number of hydrogen-bond donors (Lipinski definition) is 2. The molecule has 0 saturated heterocycles. The van der Waals surface area contributed by atoms with E-state index >= 15 is 0 Å². The molecule has 0 saturated carbocycles. The molecule has 0 aliphatic rings. The van der Waals surface area contributed by atoms with Crippen molar-refractivity contribution in [2.45, 2.75) is 13.0 Å². The fourth-order valence-corrected chi connectivity index (χ4v) is 1.51. The van der Waals surface area contributed by atoms with E-state index in [1.54, 1.807) is 6.07 Å². The Kier molecular flexibility index (Phi) is 3.91. The molecule has 0 aromatic heterocycles. The van der Waals surface area contributed by atoms with Crippen LogP contribution in [-0.4, -0.2) is 31.6 Å². The summed E-state index contributed by atoms with van der Waals surface area (Å²) in [6, 6.07) is 4.57. The Morgan fingerprint density at radius 1 is 1.47 bits per heavy atom. The van der Waals surface area contributed by atoms with Crippen LogP contribution in [0.4, 0.5) is 15.8 Å². The second kappa shape index (κ2) is 4.98. The van der Waals surface area contributed by atoms with Crippen LogP contribution in [-0.2, 0) is 0 Å². The molecule has 0 radical (unpaired) electrons. The maximum Gasteiger partial charge on any atom is 0.125 e. The Morgan fingerprint density at radius 3 is 2.73 bits per heavy atom. The molecule has 1 atom stereocenters. The van der Waals surface area contributed by atoms with E-state index in [9.17, 15) is 4.39 Å². The van der Waals surface area contributed by atoms with E-state index in [4.69, 9.17) is 5.73 Å². The zero-order valence-corrected chi connectivity index (χ0v) is 9.42. The minimum atomic E-state index is -0.274. The number of nitrogens with one attached hydrogen (secondary N) is 1. The molecule has 84 valence electrons. The van der Waals surface area contributed by atoms with Crippen LogP contribution in [0.5, 0.6) is 0 Å². The smallest absolute Gasteiger partial charge is 0.125 e. The molecule has 1 aromatic carbocycles. The highest BCUT2D eigenvalue weighted by atomic mass is 19.1. The number of likely N-dealkylation sites (N-methyl/N-ethyl adjacent to an activating group) is 1. The summed E-state index contributed by atoms with van der Waals surface area (Å²) in [5.41, 5.74) is 6.95. The van der Waals surface area contributed by atoms with Crippen LogP contribution in [0.15, 0.2) is 18.2 Å². The van der Waals surface area contributed by atoms with Gasteiger partial charge in [-0.2, -0.15) is 0 Å². The van der Waals surface area contributed by atoms with Crippen molar-refractivity contribution in [2.75, 3.05) is 31.7 Å². The molecule has 0 spiro atoms. The maximum atomic E-state index is 13.0. The average Bonchev–Trinajstić information content (AvgIpc) is 2.10. The number of nitrogens with two attached hydrogens (primary N) is 1. The number of hydrogen-bond acceptors (Lipinski definition) is 3.